The van der Waals surface area contributed by atoms with Gasteiger partial charge in [0.15, 0.2) is 0 Å². The van der Waals surface area contributed by atoms with E-state index < -0.39 is 5.97 Å². The normalized spacial score (nSPS) is 10.6. The minimum atomic E-state index is -0.936. The van der Waals surface area contributed by atoms with Crippen molar-refractivity contribution in [2.45, 2.75) is 52.1 Å². The van der Waals surface area contributed by atoms with Crippen LogP contribution in [0.25, 0.3) is 0 Å². The predicted octanol–water partition coefficient (Wildman–Crippen LogP) is 0.496. The number of hydrogen-bond acceptors (Lipinski definition) is 2. The molecule has 0 aliphatic heterocycles. The standard InChI is InChI=1S/C12H20N2O2/c1-2-13-9-10-14(11-13)8-6-4-3-5-7-12(15)16/h9-11H,2-8H2,1H3. The van der Waals surface area contributed by atoms with Crippen molar-refractivity contribution in [3.63, 3.8) is 0 Å². The molecule has 16 heavy (non-hydrogen) atoms. The summed E-state index contributed by atoms with van der Waals surface area (Å²) in [6.07, 6.45) is 10.3. The van der Waals surface area contributed by atoms with Crippen molar-refractivity contribution in [3.8, 4) is 0 Å². The molecule has 0 fully saturated rings. The Kier molecular flexibility index (Phi) is 5.61. The number of carboxylic acid groups (broad SMARTS) is 1. The zero-order valence-corrected chi connectivity index (χ0v) is 9.89. The average molecular weight is 224 g/mol. The van der Waals surface area contributed by atoms with Gasteiger partial charge in [-0.2, -0.15) is 0 Å². The Labute approximate surface area is 96.5 Å². The molecule has 4 heteroatoms. The molecule has 1 rings (SSSR count). The molecule has 0 bridgehead atoms. The van der Waals surface area contributed by atoms with Crippen molar-refractivity contribution in [1.29, 1.82) is 0 Å². The second-order valence-electron chi connectivity index (χ2n) is 4.02. The molecule has 0 amide bonds. The summed E-state index contributed by atoms with van der Waals surface area (Å²) in [4.78, 5) is 10.2. The molecule has 0 saturated heterocycles. The monoisotopic (exact) mass is 224 g/mol. The molecule has 1 aromatic heterocycles. The van der Waals surface area contributed by atoms with E-state index in [9.17, 15) is 9.90 Å². The van der Waals surface area contributed by atoms with Crippen LogP contribution in [0.1, 0.15) is 39.0 Å². The smallest absolute Gasteiger partial charge is 0.243 e. The van der Waals surface area contributed by atoms with E-state index in [-0.39, 0.29) is 6.42 Å². The van der Waals surface area contributed by atoms with E-state index in [0.717, 1.165) is 38.8 Å². The number of imidazole rings is 1. The molecule has 0 spiro atoms. The third-order valence-corrected chi connectivity index (χ3v) is 2.66. The van der Waals surface area contributed by atoms with Crippen LogP contribution in [0.3, 0.4) is 0 Å². The third-order valence-electron chi connectivity index (χ3n) is 2.66. The fourth-order valence-electron chi connectivity index (χ4n) is 1.68. The van der Waals surface area contributed by atoms with Gasteiger partial charge in [-0.3, -0.25) is 0 Å². The van der Waals surface area contributed by atoms with Crippen LogP contribution in [0.2, 0.25) is 0 Å². The first-order valence-electron chi connectivity index (χ1n) is 5.97. The number of hydrogen-bond donors (Lipinski definition) is 0. The average Bonchev–Trinajstić information content (AvgIpc) is 2.70. The highest BCUT2D eigenvalue weighted by molar-refractivity contribution is 5.63. The summed E-state index contributed by atoms with van der Waals surface area (Å²) in [5.41, 5.74) is 0. The van der Waals surface area contributed by atoms with Crippen LogP contribution < -0.4 is 9.67 Å². The summed E-state index contributed by atoms with van der Waals surface area (Å²) >= 11 is 0. The van der Waals surface area contributed by atoms with Gasteiger partial charge in [-0.1, -0.05) is 6.42 Å². The summed E-state index contributed by atoms with van der Waals surface area (Å²) < 4.78 is 4.30. The number of aliphatic carboxylic acids is 1. The maximum Gasteiger partial charge on any atom is 0.243 e. The second kappa shape index (κ2) is 7.04. The van der Waals surface area contributed by atoms with E-state index in [2.05, 4.69) is 34.8 Å². The van der Waals surface area contributed by atoms with Gasteiger partial charge in [0, 0.05) is 5.97 Å². The summed E-state index contributed by atoms with van der Waals surface area (Å²) in [6, 6.07) is 0. The van der Waals surface area contributed by atoms with Crippen molar-refractivity contribution >= 4 is 5.97 Å². The first kappa shape index (κ1) is 12.7. The number of carbonyl (C=O) groups is 1. The second-order valence-corrected chi connectivity index (χ2v) is 4.02. The van der Waals surface area contributed by atoms with Gasteiger partial charge < -0.3 is 9.90 Å². The number of carboxylic acids is 1. The number of nitrogens with zero attached hydrogens (tertiary/aromatic N) is 2. The highest BCUT2D eigenvalue weighted by atomic mass is 16.4. The zero-order valence-electron chi connectivity index (χ0n) is 9.89. The Bertz CT molecular complexity index is 321. The predicted molar refractivity (Wildman–Crippen MR) is 58.4 cm³/mol. The van der Waals surface area contributed by atoms with Crippen molar-refractivity contribution in [2.75, 3.05) is 0 Å². The number of rotatable bonds is 8. The van der Waals surface area contributed by atoms with Crippen LogP contribution >= 0.6 is 0 Å². The molecule has 0 unspecified atom stereocenters. The summed E-state index contributed by atoms with van der Waals surface area (Å²) in [5, 5.41) is 10.2. The van der Waals surface area contributed by atoms with Crippen molar-refractivity contribution < 1.29 is 14.5 Å². The van der Waals surface area contributed by atoms with Crippen LogP contribution in [0.15, 0.2) is 18.7 Å². The topological polar surface area (TPSA) is 48.9 Å². The summed E-state index contributed by atoms with van der Waals surface area (Å²) in [7, 11) is 0. The van der Waals surface area contributed by atoms with E-state index in [4.69, 9.17) is 0 Å². The molecule has 0 aromatic carbocycles. The largest absolute Gasteiger partial charge is 0.550 e. The minimum Gasteiger partial charge on any atom is -0.550 e. The van der Waals surface area contributed by atoms with E-state index in [1.54, 1.807) is 0 Å². The summed E-state index contributed by atoms with van der Waals surface area (Å²) in [5.74, 6) is -0.936. The Morgan fingerprint density at radius 2 is 2.06 bits per heavy atom. The van der Waals surface area contributed by atoms with Crippen LogP contribution in [0.5, 0.6) is 0 Å². The lowest BCUT2D eigenvalue weighted by molar-refractivity contribution is -0.696. The quantitative estimate of drug-likeness (QED) is 0.477. The molecule has 4 nitrogen and oxygen atoms in total. The first-order chi connectivity index (χ1) is 7.72. The highest BCUT2D eigenvalue weighted by Crippen LogP contribution is 2.02. The van der Waals surface area contributed by atoms with Gasteiger partial charge in [0.05, 0.1) is 13.1 Å². The molecule has 1 heterocycles. The van der Waals surface area contributed by atoms with Crippen LogP contribution in [-0.2, 0) is 17.9 Å². The van der Waals surface area contributed by atoms with Gasteiger partial charge in [-0.05, 0) is 32.6 Å². The van der Waals surface area contributed by atoms with E-state index in [1.807, 2.05) is 0 Å². The molecule has 0 aliphatic carbocycles. The van der Waals surface area contributed by atoms with Crippen molar-refractivity contribution in [1.82, 2.24) is 4.57 Å². The van der Waals surface area contributed by atoms with Gasteiger partial charge in [0.2, 0.25) is 6.33 Å². The van der Waals surface area contributed by atoms with Crippen molar-refractivity contribution in [3.05, 3.63) is 18.7 Å². The number of aromatic nitrogens is 2. The van der Waals surface area contributed by atoms with Gasteiger partial charge >= 0.3 is 0 Å². The maximum atomic E-state index is 10.2. The molecular formula is C12H20N2O2. The van der Waals surface area contributed by atoms with E-state index in [1.165, 1.54) is 0 Å². The molecule has 0 atom stereocenters. The molecule has 0 radical (unpaired) electrons. The molecule has 0 saturated carbocycles. The zero-order chi connectivity index (χ0) is 11.8. The van der Waals surface area contributed by atoms with Gasteiger partial charge in [-0.25, -0.2) is 9.13 Å². The van der Waals surface area contributed by atoms with E-state index >= 15 is 0 Å². The highest BCUT2D eigenvalue weighted by Gasteiger charge is 2.00. The Hall–Kier alpha value is -1.32. The maximum absolute atomic E-state index is 10.2. The lowest BCUT2D eigenvalue weighted by Gasteiger charge is -2.01. The lowest BCUT2D eigenvalue weighted by Crippen LogP contribution is -2.30. The molecule has 90 valence electrons. The first-order valence-corrected chi connectivity index (χ1v) is 5.97. The fraction of sp³-hybridized carbons (Fsp3) is 0.667. The SMILES string of the molecule is CCn1cc[n+](CCCCCCC(=O)[O-])c1. The van der Waals surface area contributed by atoms with Crippen LogP contribution in [-0.4, -0.2) is 10.5 Å². The van der Waals surface area contributed by atoms with Crippen LogP contribution in [0.4, 0.5) is 0 Å². The Morgan fingerprint density at radius 1 is 1.31 bits per heavy atom. The van der Waals surface area contributed by atoms with Gasteiger partial charge in [0.1, 0.15) is 12.4 Å². The molecule has 1 aromatic rings. The number of carbonyl (C=O) groups excluding carboxylic acids is 1. The van der Waals surface area contributed by atoms with E-state index in [0.29, 0.717) is 0 Å². The molecule has 0 N–H and O–H groups in total. The third kappa shape index (κ3) is 4.96. The Morgan fingerprint density at radius 3 is 2.69 bits per heavy atom. The van der Waals surface area contributed by atoms with Crippen molar-refractivity contribution in [2.24, 2.45) is 0 Å². The summed E-state index contributed by atoms with van der Waals surface area (Å²) in [6.45, 7) is 4.13. The van der Waals surface area contributed by atoms with Gasteiger partial charge in [-0.15, -0.1) is 0 Å². The molecular weight excluding hydrogens is 204 g/mol. The Balaban J connectivity index is 2.04. The number of aryl methyl sites for hydroxylation is 2. The van der Waals surface area contributed by atoms with Gasteiger partial charge in [0.25, 0.3) is 0 Å². The lowest BCUT2D eigenvalue weighted by atomic mass is 10.1. The molecule has 0 aliphatic rings. The number of unbranched alkanes of at least 4 members (excludes halogenated alkanes) is 3. The van der Waals surface area contributed by atoms with Crippen LogP contribution in [0, 0.1) is 0 Å². The minimum absolute atomic E-state index is 0.194. The fourth-order valence-corrected chi connectivity index (χ4v) is 1.68.